The number of carbonyl (C=O) groups excluding carboxylic acids is 1. The molecule has 0 radical (unpaired) electrons. The van der Waals surface area contributed by atoms with E-state index in [9.17, 15) is 4.79 Å². The van der Waals surface area contributed by atoms with Gasteiger partial charge in [-0.3, -0.25) is 4.79 Å². The summed E-state index contributed by atoms with van der Waals surface area (Å²) in [6, 6.07) is 16.6. The van der Waals surface area contributed by atoms with Crippen LogP contribution in [0.1, 0.15) is 39.5 Å². The Labute approximate surface area is 155 Å². The van der Waals surface area contributed by atoms with Gasteiger partial charge in [0.2, 0.25) is 5.13 Å². The monoisotopic (exact) mass is 359 g/mol. The van der Waals surface area contributed by atoms with Crippen molar-refractivity contribution in [2.24, 2.45) is 0 Å². The van der Waals surface area contributed by atoms with Gasteiger partial charge in [-0.05, 0) is 37.0 Å². The highest BCUT2D eigenvalue weighted by atomic mass is 32.1. The molecule has 5 heteroatoms. The van der Waals surface area contributed by atoms with E-state index in [-0.39, 0.29) is 11.7 Å². The van der Waals surface area contributed by atoms with Gasteiger partial charge in [0.15, 0.2) is 5.78 Å². The summed E-state index contributed by atoms with van der Waals surface area (Å²) in [7, 11) is 0. The zero-order valence-electron chi connectivity index (χ0n) is 14.3. The van der Waals surface area contributed by atoms with Crippen LogP contribution >= 0.6 is 11.3 Å². The Hall–Kier alpha value is -2.79. The summed E-state index contributed by atoms with van der Waals surface area (Å²) in [5.41, 5.74) is 5.13. The van der Waals surface area contributed by atoms with Gasteiger partial charge in [0, 0.05) is 6.42 Å². The molecule has 0 unspecified atom stereocenters. The second-order valence-corrected chi connectivity index (χ2v) is 7.83. The summed E-state index contributed by atoms with van der Waals surface area (Å²) in [6.07, 6.45) is 3.05. The van der Waals surface area contributed by atoms with Gasteiger partial charge in [0.1, 0.15) is 0 Å². The first-order chi connectivity index (χ1) is 12.7. The van der Waals surface area contributed by atoms with Gasteiger partial charge in [-0.15, -0.1) is 0 Å². The molecule has 4 aromatic rings. The van der Waals surface area contributed by atoms with E-state index in [0.717, 1.165) is 33.0 Å². The van der Waals surface area contributed by atoms with Crippen molar-refractivity contribution in [2.75, 3.05) is 0 Å². The summed E-state index contributed by atoms with van der Waals surface area (Å²) in [6.45, 7) is 2.08. The molecule has 0 spiro atoms. The molecule has 2 aromatic heterocycles. The molecule has 2 heterocycles. The lowest BCUT2D eigenvalue weighted by atomic mass is 9.82. The van der Waals surface area contributed by atoms with E-state index in [1.54, 1.807) is 17.5 Å². The Morgan fingerprint density at radius 1 is 1.08 bits per heavy atom. The predicted molar refractivity (Wildman–Crippen MR) is 103 cm³/mol. The number of benzene rings is 2. The Morgan fingerprint density at radius 2 is 1.88 bits per heavy atom. The Balaban J connectivity index is 1.57. The molecule has 128 valence electrons. The smallest absolute Gasteiger partial charge is 0.211 e. The molecule has 1 atom stereocenters. The number of Topliss-reactive ketones (excluding diaryl/α,β-unsaturated/α-hetero) is 1. The van der Waals surface area contributed by atoms with Gasteiger partial charge in [-0.2, -0.15) is 5.10 Å². The first-order valence-corrected chi connectivity index (χ1v) is 9.53. The second kappa shape index (κ2) is 5.88. The van der Waals surface area contributed by atoms with Crippen molar-refractivity contribution in [1.82, 2.24) is 14.8 Å². The van der Waals surface area contributed by atoms with E-state index < -0.39 is 0 Å². The quantitative estimate of drug-likeness (QED) is 0.521. The molecule has 4 nitrogen and oxygen atoms in total. The molecule has 0 amide bonds. The standard InChI is InChI=1S/C21H17N3OS/c1-13-6-8-14(9-7-13)15-10-18-16(19(25)11-15)12-22-24(18)21-23-17-4-2-3-5-20(17)26-21/h2-9,12,15H,10-11H2,1H3/t15-/m1/s1. The highest BCUT2D eigenvalue weighted by Gasteiger charge is 2.30. The summed E-state index contributed by atoms with van der Waals surface area (Å²) >= 11 is 1.61. The number of thiazole rings is 1. The van der Waals surface area contributed by atoms with Gasteiger partial charge in [-0.1, -0.05) is 53.3 Å². The van der Waals surface area contributed by atoms with Crippen molar-refractivity contribution in [3.05, 3.63) is 77.1 Å². The van der Waals surface area contributed by atoms with E-state index in [1.807, 2.05) is 22.9 Å². The normalized spacial score (nSPS) is 16.8. The molecule has 0 fully saturated rings. The average Bonchev–Trinajstić information content (AvgIpc) is 3.26. The number of carbonyl (C=O) groups is 1. The number of aromatic nitrogens is 3. The number of para-hydroxylation sites is 1. The van der Waals surface area contributed by atoms with Crippen LogP contribution in [0, 0.1) is 6.92 Å². The molecule has 0 bridgehead atoms. The van der Waals surface area contributed by atoms with Gasteiger partial charge in [-0.25, -0.2) is 9.67 Å². The molecule has 26 heavy (non-hydrogen) atoms. The molecular weight excluding hydrogens is 342 g/mol. The van der Waals surface area contributed by atoms with E-state index >= 15 is 0 Å². The predicted octanol–water partition coefficient (Wildman–Crippen LogP) is 4.70. The van der Waals surface area contributed by atoms with E-state index in [2.05, 4.69) is 42.4 Å². The van der Waals surface area contributed by atoms with Crippen molar-refractivity contribution in [2.45, 2.75) is 25.7 Å². The fraction of sp³-hybridized carbons (Fsp3) is 0.190. The van der Waals surface area contributed by atoms with Gasteiger partial charge in [0.05, 0.1) is 27.7 Å². The van der Waals surface area contributed by atoms with Crippen LogP contribution in [0.25, 0.3) is 15.3 Å². The third kappa shape index (κ3) is 2.47. The zero-order chi connectivity index (χ0) is 17.7. The van der Waals surface area contributed by atoms with Gasteiger partial charge < -0.3 is 0 Å². The van der Waals surface area contributed by atoms with E-state index in [4.69, 9.17) is 4.98 Å². The molecule has 1 aliphatic rings. The second-order valence-electron chi connectivity index (χ2n) is 6.82. The Kier molecular flexibility index (Phi) is 3.50. The molecule has 0 aliphatic heterocycles. The number of rotatable bonds is 2. The zero-order valence-corrected chi connectivity index (χ0v) is 15.2. The first-order valence-electron chi connectivity index (χ1n) is 8.71. The number of fused-ring (bicyclic) bond motifs is 2. The maximum atomic E-state index is 12.7. The highest BCUT2D eigenvalue weighted by Crippen LogP contribution is 2.35. The van der Waals surface area contributed by atoms with Gasteiger partial charge >= 0.3 is 0 Å². The minimum absolute atomic E-state index is 0.171. The maximum absolute atomic E-state index is 12.7. The van der Waals surface area contributed by atoms with Crippen LogP contribution in [-0.4, -0.2) is 20.5 Å². The fourth-order valence-corrected chi connectivity index (χ4v) is 4.58. The largest absolute Gasteiger partial charge is 0.294 e. The topological polar surface area (TPSA) is 47.8 Å². The van der Waals surface area contributed by atoms with Crippen LogP contribution in [0.15, 0.2) is 54.7 Å². The van der Waals surface area contributed by atoms with Crippen LogP contribution in [0.4, 0.5) is 0 Å². The molecule has 5 rings (SSSR count). The molecule has 1 aliphatic carbocycles. The minimum Gasteiger partial charge on any atom is -0.294 e. The number of aryl methyl sites for hydroxylation is 1. The number of nitrogens with zero attached hydrogens (tertiary/aromatic N) is 3. The van der Waals surface area contributed by atoms with Gasteiger partial charge in [0.25, 0.3) is 0 Å². The SMILES string of the molecule is Cc1ccc([C@H]2CC(=O)c3cnn(-c4nc5ccccc5s4)c3C2)cc1. The van der Waals surface area contributed by atoms with Crippen LogP contribution in [0.5, 0.6) is 0 Å². The highest BCUT2D eigenvalue weighted by molar-refractivity contribution is 7.20. The van der Waals surface area contributed by atoms with Crippen molar-refractivity contribution in [1.29, 1.82) is 0 Å². The molecule has 0 saturated heterocycles. The van der Waals surface area contributed by atoms with E-state index in [0.29, 0.717) is 6.42 Å². The first kappa shape index (κ1) is 15.5. The van der Waals surface area contributed by atoms with Crippen LogP contribution in [0.2, 0.25) is 0 Å². The lowest BCUT2D eigenvalue weighted by molar-refractivity contribution is 0.0964. The Bertz CT molecular complexity index is 1090. The Morgan fingerprint density at radius 3 is 2.69 bits per heavy atom. The number of hydrogen-bond donors (Lipinski definition) is 0. The van der Waals surface area contributed by atoms with Crippen LogP contribution in [-0.2, 0) is 6.42 Å². The maximum Gasteiger partial charge on any atom is 0.211 e. The minimum atomic E-state index is 0.171. The van der Waals surface area contributed by atoms with Crippen LogP contribution < -0.4 is 0 Å². The van der Waals surface area contributed by atoms with Crippen molar-refractivity contribution in [3.63, 3.8) is 0 Å². The third-order valence-corrected chi connectivity index (χ3v) is 6.07. The lowest BCUT2D eigenvalue weighted by Crippen LogP contribution is -2.20. The van der Waals surface area contributed by atoms with Crippen LogP contribution in [0.3, 0.4) is 0 Å². The lowest BCUT2D eigenvalue weighted by Gasteiger charge is -2.22. The molecule has 0 saturated carbocycles. The summed E-state index contributed by atoms with van der Waals surface area (Å²) in [4.78, 5) is 17.4. The summed E-state index contributed by atoms with van der Waals surface area (Å²) in [5.74, 6) is 0.365. The molecule has 0 N–H and O–H groups in total. The van der Waals surface area contributed by atoms with Crippen molar-refractivity contribution < 1.29 is 4.79 Å². The van der Waals surface area contributed by atoms with Crippen molar-refractivity contribution >= 4 is 27.3 Å². The number of ketones is 1. The summed E-state index contributed by atoms with van der Waals surface area (Å²) in [5, 5.41) is 5.32. The molecule has 2 aromatic carbocycles. The number of hydrogen-bond acceptors (Lipinski definition) is 4. The summed E-state index contributed by atoms with van der Waals surface area (Å²) < 4.78 is 2.99. The third-order valence-electron chi connectivity index (χ3n) is 5.05. The fourth-order valence-electron chi connectivity index (χ4n) is 3.63. The molecular formula is C21H17N3OS. The van der Waals surface area contributed by atoms with Crippen molar-refractivity contribution in [3.8, 4) is 5.13 Å². The van der Waals surface area contributed by atoms with E-state index in [1.165, 1.54) is 11.1 Å². The average molecular weight is 359 g/mol.